The van der Waals surface area contributed by atoms with E-state index in [0.29, 0.717) is 0 Å². The maximum absolute atomic E-state index is 4.63. The lowest BCUT2D eigenvalue weighted by Gasteiger charge is -2.22. The number of aryl methyl sites for hydroxylation is 1. The van der Waals surface area contributed by atoms with E-state index in [2.05, 4.69) is 74.1 Å². The third kappa shape index (κ3) is 2.86. The number of para-hydroxylation sites is 3. The average molecular weight is 333 g/mol. The SMILES string of the molecule is CN=C(NCCn1c(C)nc2ccccc21)N1CCc2ccccc21. The Morgan fingerprint density at radius 2 is 1.96 bits per heavy atom. The number of rotatable bonds is 3. The predicted octanol–water partition coefficient (Wildman–Crippen LogP) is 2.98. The summed E-state index contributed by atoms with van der Waals surface area (Å²) in [6.45, 7) is 4.71. The Labute approximate surface area is 148 Å². The van der Waals surface area contributed by atoms with E-state index in [1.807, 2.05) is 13.1 Å². The largest absolute Gasteiger partial charge is 0.354 e. The summed E-state index contributed by atoms with van der Waals surface area (Å²) in [7, 11) is 1.85. The van der Waals surface area contributed by atoms with Crippen LogP contribution in [-0.4, -0.2) is 35.6 Å². The number of benzene rings is 2. The van der Waals surface area contributed by atoms with Gasteiger partial charge in [0, 0.05) is 32.4 Å². The van der Waals surface area contributed by atoms with E-state index in [-0.39, 0.29) is 0 Å². The molecule has 0 unspecified atom stereocenters. The molecule has 5 nitrogen and oxygen atoms in total. The molecule has 1 aliphatic rings. The third-order valence-corrected chi connectivity index (χ3v) is 4.82. The maximum Gasteiger partial charge on any atom is 0.198 e. The molecule has 0 amide bonds. The lowest BCUT2D eigenvalue weighted by Crippen LogP contribution is -2.41. The molecule has 0 saturated heterocycles. The Morgan fingerprint density at radius 1 is 1.16 bits per heavy atom. The second kappa shape index (κ2) is 6.59. The van der Waals surface area contributed by atoms with Crippen molar-refractivity contribution in [2.45, 2.75) is 19.9 Å². The van der Waals surface area contributed by atoms with Crippen molar-refractivity contribution in [3.05, 3.63) is 59.9 Å². The van der Waals surface area contributed by atoms with E-state index in [9.17, 15) is 0 Å². The van der Waals surface area contributed by atoms with Crippen molar-refractivity contribution < 1.29 is 0 Å². The first kappa shape index (κ1) is 15.7. The summed E-state index contributed by atoms with van der Waals surface area (Å²) in [5.74, 6) is 1.98. The summed E-state index contributed by atoms with van der Waals surface area (Å²) < 4.78 is 2.26. The quantitative estimate of drug-likeness (QED) is 0.592. The van der Waals surface area contributed by atoms with Crippen LogP contribution in [0.1, 0.15) is 11.4 Å². The minimum absolute atomic E-state index is 0.812. The fraction of sp³-hybridized carbons (Fsp3) is 0.300. The average Bonchev–Trinajstić information content (AvgIpc) is 3.20. The molecule has 0 bridgehead atoms. The molecule has 0 saturated carbocycles. The minimum atomic E-state index is 0.812. The molecule has 0 fully saturated rings. The number of guanidine groups is 1. The van der Waals surface area contributed by atoms with Gasteiger partial charge in [-0.2, -0.15) is 0 Å². The van der Waals surface area contributed by atoms with Crippen LogP contribution in [0.2, 0.25) is 0 Å². The van der Waals surface area contributed by atoms with Gasteiger partial charge in [-0.3, -0.25) is 4.99 Å². The topological polar surface area (TPSA) is 45.5 Å². The van der Waals surface area contributed by atoms with E-state index < -0.39 is 0 Å². The number of nitrogens with one attached hydrogen (secondary N) is 1. The maximum atomic E-state index is 4.63. The normalized spacial score (nSPS) is 14.2. The molecular weight excluding hydrogens is 310 g/mol. The number of hydrogen-bond donors (Lipinski definition) is 1. The molecule has 25 heavy (non-hydrogen) atoms. The number of aliphatic imine (C=N–C) groups is 1. The van der Waals surface area contributed by atoms with Crippen LogP contribution in [0.25, 0.3) is 11.0 Å². The van der Waals surface area contributed by atoms with Gasteiger partial charge in [0.15, 0.2) is 5.96 Å². The molecule has 1 N–H and O–H groups in total. The summed E-state index contributed by atoms with van der Waals surface area (Å²) >= 11 is 0. The summed E-state index contributed by atoms with van der Waals surface area (Å²) in [5, 5.41) is 3.51. The van der Waals surface area contributed by atoms with Gasteiger partial charge >= 0.3 is 0 Å². The number of imidazole rings is 1. The monoisotopic (exact) mass is 333 g/mol. The lowest BCUT2D eigenvalue weighted by molar-refractivity contribution is 0.666. The van der Waals surface area contributed by atoms with Crippen LogP contribution >= 0.6 is 0 Å². The van der Waals surface area contributed by atoms with Gasteiger partial charge in [-0.15, -0.1) is 0 Å². The molecule has 1 aromatic heterocycles. The molecule has 2 aromatic carbocycles. The zero-order valence-corrected chi connectivity index (χ0v) is 14.7. The molecule has 2 heterocycles. The molecule has 1 aliphatic heterocycles. The van der Waals surface area contributed by atoms with Crippen molar-refractivity contribution in [1.82, 2.24) is 14.9 Å². The van der Waals surface area contributed by atoms with Crippen LogP contribution in [0.5, 0.6) is 0 Å². The van der Waals surface area contributed by atoms with Crippen LogP contribution in [-0.2, 0) is 13.0 Å². The molecule has 5 heteroatoms. The second-order valence-corrected chi connectivity index (χ2v) is 6.30. The van der Waals surface area contributed by atoms with Crippen LogP contribution in [0.3, 0.4) is 0 Å². The number of anilines is 1. The van der Waals surface area contributed by atoms with E-state index in [0.717, 1.165) is 43.4 Å². The molecular formula is C20H23N5. The Morgan fingerprint density at radius 3 is 2.84 bits per heavy atom. The zero-order chi connectivity index (χ0) is 17.2. The molecule has 4 rings (SSSR count). The highest BCUT2D eigenvalue weighted by atomic mass is 15.3. The lowest BCUT2D eigenvalue weighted by atomic mass is 10.2. The van der Waals surface area contributed by atoms with Gasteiger partial charge in [-0.05, 0) is 37.1 Å². The smallest absolute Gasteiger partial charge is 0.198 e. The van der Waals surface area contributed by atoms with Gasteiger partial charge in [0.1, 0.15) is 5.82 Å². The van der Waals surface area contributed by atoms with Crippen molar-refractivity contribution in [3.8, 4) is 0 Å². The molecule has 0 atom stereocenters. The molecule has 0 radical (unpaired) electrons. The zero-order valence-electron chi connectivity index (χ0n) is 14.7. The number of hydrogen-bond acceptors (Lipinski definition) is 2. The van der Waals surface area contributed by atoms with Crippen LogP contribution in [0.4, 0.5) is 5.69 Å². The van der Waals surface area contributed by atoms with Crippen LogP contribution in [0.15, 0.2) is 53.5 Å². The Kier molecular flexibility index (Phi) is 4.14. The standard InChI is InChI=1S/C20H23N5/c1-15-23-17-8-4-6-10-19(17)24(15)14-12-22-20(21-2)25-13-11-16-7-3-5-9-18(16)25/h3-10H,11-14H2,1-2H3,(H,21,22). The van der Waals surface area contributed by atoms with Crippen molar-refractivity contribution >= 4 is 22.7 Å². The number of nitrogens with zero attached hydrogens (tertiary/aromatic N) is 4. The molecule has 0 aliphatic carbocycles. The van der Waals surface area contributed by atoms with Crippen molar-refractivity contribution in [2.75, 3.05) is 25.0 Å². The highest BCUT2D eigenvalue weighted by Crippen LogP contribution is 2.27. The van der Waals surface area contributed by atoms with Gasteiger partial charge in [-0.25, -0.2) is 4.98 Å². The Balaban J connectivity index is 1.46. The van der Waals surface area contributed by atoms with Crippen molar-refractivity contribution in [2.24, 2.45) is 4.99 Å². The van der Waals surface area contributed by atoms with Gasteiger partial charge in [0.25, 0.3) is 0 Å². The Hall–Kier alpha value is -2.82. The summed E-state index contributed by atoms with van der Waals surface area (Å²) in [6, 6.07) is 16.8. The van der Waals surface area contributed by atoms with Crippen molar-refractivity contribution in [1.29, 1.82) is 0 Å². The first-order valence-corrected chi connectivity index (χ1v) is 8.76. The van der Waals surface area contributed by atoms with Crippen molar-refractivity contribution in [3.63, 3.8) is 0 Å². The van der Waals surface area contributed by atoms with Crippen LogP contribution in [0, 0.1) is 6.92 Å². The number of fused-ring (bicyclic) bond motifs is 2. The molecule has 0 spiro atoms. The van der Waals surface area contributed by atoms with Crippen LogP contribution < -0.4 is 10.2 Å². The minimum Gasteiger partial charge on any atom is -0.354 e. The number of aromatic nitrogens is 2. The highest BCUT2D eigenvalue weighted by molar-refractivity contribution is 5.97. The van der Waals surface area contributed by atoms with E-state index in [4.69, 9.17) is 0 Å². The van der Waals surface area contributed by atoms with E-state index in [1.165, 1.54) is 16.8 Å². The summed E-state index contributed by atoms with van der Waals surface area (Å²) in [4.78, 5) is 11.4. The predicted molar refractivity (Wildman–Crippen MR) is 103 cm³/mol. The summed E-state index contributed by atoms with van der Waals surface area (Å²) in [6.07, 6.45) is 1.07. The first-order chi connectivity index (χ1) is 12.3. The van der Waals surface area contributed by atoms with Gasteiger partial charge in [0.05, 0.1) is 11.0 Å². The fourth-order valence-electron chi connectivity index (χ4n) is 3.61. The van der Waals surface area contributed by atoms with E-state index >= 15 is 0 Å². The third-order valence-electron chi connectivity index (χ3n) is 4.82. The van der Waals surface area contributed by atoms with Gasteiger partial charge < -0.3 is 14.8 Å². The first-order valence-electron chi connectivity index (χ1n) is 8.76. The fourth-order valence-corrected chi connectivity index (χ4v) is 3.61. The van der Waals surface area contributed by atoms with Gasteiger partial charge in [-0.1, -0.05) is 30.3 Å². The molecule has 3 aromatic rings. The second-order valence-electron chi connectivity index (χ2n) is 6.30. The Bertz CT molecular complexity index is 925. The van der Waals surface area contributed by atoms with E-state index in [1.54, 1.807) is 0 Å². The van der Waals surface area contributed by atoms with Gasteiger partial charge in [0.2, 0.25) is 0 Å². The highest BCUT2D eigenvalue weighted by Gasteiger charge is 2.22. The molecule has 128 valence electrons. The summed E-state index contributed by atoms with van der Waals surface area (Å²) in [5.41, 5.74) is 4.89.